The number of aryl methyl sites for hydroxylation is 1. The van der Waals surface area contributed by atoms with Crippen molar-refractivity contribution in [1.82, 2.24) is 10.2 Å². The van der Waals surface area contributed by atoms with E-state index in [0.29, 0.717) is 17.9 Å². The average Bonchev–Trinajstić information content (AvgIpc) is 3.04. The number of ether oxygens (including phenoxy) is 2. The highest BCUT2D eigenvalue weighted by Crippen LogP contribution is 2.34. The highest BCUT2D eigenvalue weighted by Gasteiger charge is 2.34. The van der Waals surface area contributed by atoms with E-state index in [-0.39, 0.29) is 29.1 Å². The van der Waals surface area contributed by atoms with Gasteiger partial charge in [0.15, 0.2) is 11.5 Å². The molecule has 44 heavy (non-hydrogen) atoms. The number of hydrogen-bond acceptors (Lipinski definition) is 6. The SMILES string of the molecule is CC[C@H](C(=O)NC1CCCCC1)N(Cc1cccc(C)c1)C(=O)CN(c1ccc(OC)c(OC)c1)S(=O)(=O)c1ccccc1. The summed E-state index contributed by atoms with van der Waals surface area (Å²) in [7, 11) is -1.24. The van der Waals surface area contributed by atoms with Gasteiger partial charge in [0.1, 0.15) is 12.6 Å². The predicted molar refractivity (Wildman–Crippen MR) is 171 cm³/mol. The van der Waals surface area contributed by atoms with E-state index >= 15 is 0 Å². The van der Waals surface area contributed by atoms with Crippen LogP contribution in [-0.2, 0) is 26.2 Å². The number of amides is 2. The highest BCUT2D eigenvalue weighted by atomic mass is 32.2. The predicted octanol–water partition coefficient (Wildman–Crippen LogP) is 5.46. The van der Waals surface area contributed by atoms with Gasteiger partial charge in [-0.05, 0) is 56.0 Å². The summed E-state index contributed by atoms with van der Waals surface area (Å²) in [6, 6.07) is 19.7. The monoisotopic (exact) mass is 621 g/mol. The lowest BCUT2D eigenvalue weighted by Gasteiger charge is -2.34. The molecule has 4 rings (SSSR count). The van der Waals surface area contributed by atoms with Crippen molar-refractivity contribution in [1.29, 1.82) is 0 Å². The van der Waals surface area contributed by atoms with Gasteiger partial charge in [-0.25, -0.2) is 8.42 Å². The molecule has 0 aromatic heterocycles. The van der Waals surface area contributed by atoms with Crippen LogP contribution >= 0.6 is 0 Å². The Kier molecular flexibility index (Phi) is 11.3. The quantitative estimate of drug-likeness (QED) is 0.272. The summed E-state index contributed by atoms with van der Waals surface area (Å²) in [6.07, 6.45) is 5.48. The summed E-state index contributed by atoms with van der Waals surface area (Å²) in [6.45, 7) is 3.47. The maximum absolute atomic E-state index is 14.4. The van der Waals surface area contributed by atoms with Crippen LogP contribution in [0.4, 0.5) is 5.69 Å². The van der Waals surface area contributed by atoms with Crippen LogP contribution < -0.4 is 19.1 Å². The van der Waals surface area contributed by atoms with Gasteiger partial charge in [0.2, 0.25) is 11.8 Å². The number of methoxy groups -OCH3 is 2. The van der Waals surface area contributed by atoms with E-state index in [4.69, 9.17) is 9.47 Å². The van der Waals surface area contributed by atoms with Crippen molar-refractivity contribution in [3.05, 3.63) is 83.9 Å². The van der Waals surface area contributed by atoms with Gasteiger partial charge in [-0.2, -0.15) is 0 Å². The lowest BCUT2D eigenvalue weighted by atomic mass is 9.95. The summed E-state index contributed by atoms with van der Waals surface area (Å²) in [4.78, 5) is 29.6. The second-order valence-corrected chi connectivity index (χ2v) is 13.0. The first kappa shape index (κ1) is 32.9. The zero-order valence-electron chi connectivity index (χ0n) is 26.0. The van der Waals surface area contributed by atoms with Gasteiger partial charge in [0.25, 0.3) is 10.0 Å². The van der Waals surface area contributed by atoms with E-state index < -0.39 is 28.5 Å². The number of nitrogens with zero attached hydrogens (tertiary/aromatic N) is 2. The van der Waals surface area contributed by atoms with Crippen LogP contribution in [0.15, 0.2) is 77.7 Å². The fourth-order valence-electron chi connectivity index (χ4n) is 5.70. The van der Waals surface area contributed by atoms with Crippen LogP contribution in [0.3, 0.4) is 0 Å². The Hall–Kier alpha value is -4.05. The molecule has 236 valence electrons. The minimum Gasteiger partial charge on any atom is -0.493 e. The third-order valence-corrected chi connectivity index (χ3v) is 9.83. The lowest BCUT2D eigenvalue weighted by molar-refractivity contribution is -0.140. The molecule has 0 unspecified atom stereocenters. The summed E-state index contributed by atoms with van der Waals surface area (Å²) in [5, 5.41) is 3.18. The average molecular weight is 622 g/mol. The summed E-state index contributed by atoms with van der Waals surface area (Å²) in [5.41, 5.74) is 2.11. The topological polar surface area (TPSA) is 105 Å². The number of hydrogen-bond donors (Lipinski definition) is 1. The van der Waals surface area contributed by atoms with Crippen LogP contribution in [0.1, 0.15) is 56.6 Å². The number of benzene rings is 3. The fraction of sp³-hybridized carbons (Fsp3) is 0.412. The Morgan fingerprint density at radius 1 is 0.909 bits per heavy atom. The van der Waals surface area contributed by atoms with Crippen molar-refractivity contribution in [3.63, 3.8) is 0 Å². The minimum absolute atomic E-state index is 0.0369. The molecular weight excluding hydrogens is 578 g/mol. The van der Waals surface area contributed by atoms with Crippen molar-refractivity contribution >= 4 is 27.5 Å². The van der Waals surface area contributed by atoms with Crippen LogP contribution in [0, 0.1) is 6.92 Å². The Bertz CT molecular complexity index is 1520. The van der Waals surface area contributed by atoms with Gasteiger partial charge in [-0.3, -0.25) is 13.9 Å². The first-order valence-corrected chi connectivity index (χ1v) is 16.6. The number of carbonyl (C=O) groups excluding carboxylic acids is 2. The van der Waals surface area contributed by atoms with E-state index in [0.717, 1.165) is 47.5 Å². The Morgan fingerprint density at radius 2 is 1.61 bits per heavy atom. The Balaban J connectivity index is 1.74. The van der Waals surface area contributed by atoms with Crippen molar-refractivity contribution in [2.24, 2.45) is 0 Å². The van der Waals surface area contributed by atoms with Crippen molar-refractivity contribution < 1.29 is 27.5 Å². The lowest BCUT2D eigenvalue weighted by Crippen LogP contribution is -2.54. The molecular formula is C34H43N3O6S. The Labute approximate surface area is 261 Å². The second-order valence-electron chi connectivity index (χ2n) is 11.1. The molecule has 3 aromatic carbocycles. The van der Waals surface area contributed by atoms with Crippen molar-refractivity contribution in [2.75, 3.05) is 25.1 Å². The molecule has 2 amide bonds. The maximum Gasteiger partial charge on any atom is 0.264 e. The molecule has 1 aliphatic rings. The summed E-state index contributed by atoms with van der Waals surface area (Å²) < 4.78 is 40.1. The van der Waals surface area contributed by atoms with Crippen molar-refractivity contribution in [2.45, 2.75) is 75.9 Å². The molecule has 0 radical (unpaired) electrons. The van der Waals surface area contributed by atoms with Gasteiger partial charge in [0, 0.05) is 18.7 Å². The molecule has 1 N–H and O–H groups in total. The number of sulfonamides is 1. The molecule has 3 aromatic rings. The normalized spacial score (nSPS) is 14.4. The maximum atomic E-state index is 14.4. The second kappa shape index (κ2) is 15.1. The van der Waals surface area contributed by atoms with Gasteiger partial charge in [0.05, 0.1) is 24.8 Å². The van der Waals surface area contributed by atoms with E-state index in [1.54, 1.807) is 30.3 Å². The zero-order chi connectivity index (χ0) is 31.7. The van der Waals surface area contributed by atoms with E-state index in [1.165, 1.54) is 37.3 Å². The third-order valence-electron chi connectivity index (χ3n) is 8.04. The number of nitrogens with one attached hydrogen (secondary N) is 1. The zero-order valence-corrected chi connectivity index (χ0v) is 26.8. The largest absolute Gasteiger partial charge is 0.493 e. The summed E-state index contributed by atoms with van der Waals surface area (Å²) >= 11 is 0. The first-order chi connectivity index (χ1) is 21.2. The molecule has 0 aliphatic heterocycles. The first-order valence-electron chi connectivity index (χ1n) is 15.1. The third kappa shape index (κ3) is 7.91. The smallest absolute Gasteiger partial charge is 0.264 e. The molecule has 0 heterocycles. The highest BCUT2D eigenvalue weighted by molar-refractivity contribution is 7.92. The number of rotatable bonds is 13. The Morgan fingerprint density at radius 3 is 2.25 bits per heavy atom. The molecule has 1 saturated carbocycles. The fourth-order valence-corrected chi connectivity index (χ4v) is 7.13. The van der Waals surface area contributed by atoms with Crippen LogP contribution in [0.5, 0.6) is 11.5 Å². The van der Waals surface area contributed by atoms with Crippen LogP contribution in [0.2, 0.25) is 0 Å². The van der Waals surface area contributed by atoms with Crippen LogP contribution in [0.25, 0.3) is 0 Å². The van der Waals surface area contributed by atoms with E-state index in [2.05, 4.69) is 5.32 Å². The molecule has 1 fully saturated rings. The molecule has 9 nitrogen and oxygen atoms in total. The van der Waals surface area contributed by atoms with Crippen molar-refractivity contribution in [3.8, 4) is 11.5 Å². The van der Waals surface area contributed by atoms with E-state index in [9.17, 15) is 18.0 Å². The molecule has 1 aliphatic carbocycles. The molecule has 0 spiro atoms. The van der Waals surface area contributed by atoms with E-state index in [1.807, 2.05) is 38.1 Å². The number of carbonyl (C=O) groups is 2. The summed E-state index contributed by atoms with van der Waals surface area (Å²) in [5.74, 6) is 0.0298. The molecule has 10 heteroatoms. The standard InChI is InChI=1S/C34H43N3O6S/c1-5-30(34(39)35-27-15-8-6-9-16-27)36(23-26-14-12-13-25(2)21-26)33(38)24-37(44(40,41)29-17-10-7-11-18-29)28-19-20-31(42-3)32(22-28)43-4/h7,10-14,17-22,27,30H,5-6,8-9,15-16,23-24H2,1-4H3,(H,35,39)/t30-/m1/s1. The van der Waals surface area contributed by atoms with Gasteiger partial charge in [-0.1, -0.05) is 74.2 Å². The van der Waals surface area contributed by atoms with Gasteiger partial charge in [-0.15, -0.1) is 0 Å². The number of anilines is 1. The van der Waals surface area contributed by atoms with Crippen LogP contribution in [-0.4, -0.2) is 58.0 Å². The molecule has 0 bridgehead atoms. The molecule has 0 saturated heterocycles. The molecule has 1 atom stereocenters. The van der Waals surface area contributed by atoms with Gasteiger partial charge < -0.3 is 19.7 Å². The minimum atomic E-state index is -4.19. The van der Waals surface area contributed by atoms with Gasteiger partial charge >= 0.3 is 0 Å².